The van der Waals surface area contributed by atoms with Crippen LogP contribution < -0.4 is 11.1 Å². The molecule has 92 valence electrons. The summed E-state index contributed by atoms with van der Waals surface area (Å²) in [7, 11) is 0. The molecule has 2 unspecified atom stereocenters. The van der Waals surface area contributed by atoms with Crippen molar-refractivity contribution in [2.24, 2.45) is 16.6 Å². The SMILES string of the molecule is CC1CCCC(NC(N)=NC2CCCC2)C1. The molecule has 3 heteroatoms. The van der Waals surface area contributed by atoms with E-state index >= 15 is 0 Å². The number of nitrogens with zero attached hydrogens (tertiary/aromatic N) is 1. The summed E-state index contributed by atoms with van der Waals surface area (Å²) in [6, 6.07) is 1.06. The quantitative estimate of drug-likeness (QED) is 0.558. The molecular weight excluding hydrogens is 198 g/mol. The van der Waals surface area contributed by atoms with Crippen LogP contribution in [0.15, 0.2) is 4.99 Å². The molecule has 3 nitrogen and oxygen atoms in total. The van der Waals surface area contributed by atoms with Crippen molar-refractivity contribution in [3.63, 3.8) is 0 Å². The normalized spacial score (nSPS) is 32.9. The van der Waals surface area contributed by atoms with Gasteiger partial charge in [0, 0.05) is 6.04 Å². The van der Waals surface area contributed by atoms with E-state index in [1.165, 1.54) is 51.4 Å². The van der Waals surface area contributed by atoms with Crippen LogP contribution in [-0.4, -0.2) is 18.0 Å². The van der Waals surface area contributed by atoms with E-state index in [9.17, 15) is 0 Å². The standard InChI is InChI=1S/C13H25N3/c1-10-5-4-8-12(9-10)16-13(14)15-11-6-2-3-7-11/h10-12H,2-9H2,1H3,(H3,14,15,16). The highest BCUT2D eigenvalue weighted by atomic mass is 15.1. The maximum absolute atomic E-state index is 5.97. The monoisotopic (exact) mass is 223 g/mol. The third-order valence-electron chi connectivity index (χ3n) is 3.93. The van der Waals surface area contributed by atoms with Gasteiger partial charge in [-0.25, -0.2) is 0 Å². The first-order valence-electron chi connectivity index (χ1n) is 6.84. The molecule has 2 rings (SSSR count). The van der Waals surface area contributed by atoms with Crippen molar-refractivity contribution in [1.82, 2.24) is 5.32 Å². The molecule has 0 aromatic carbocycles. The lowest BCUT2D eigenvalue weighted by Crippen LogP contribution is -2.42. The molecule has 3 N–H and O–H groups in total. The van der Waals surface area contributed by atoms with Crippen molar-refractivity contribution in [2.75, 3.05) is 0 Å². The molecule has 0 aromatic rings. The predicted molar refractivity (Wildman–Crippen MR) is 68.4 cm³/mol. The van der Waals surface area contributed by atoms with E-state index in [0.29, 0.717) is 18.0 Å². The van der Waals surface area contributed by atoms with Crippen LogP contribution in [0.4, 0.5) is 0 Å². The van der Waals surface area contributed by atoms with Gasteiger partial charge in [0.15, 0.2) is 5.96 Å². The Balaban J connectivity index is 1.78. The molecule has 0 amide bonds. The largest absolute Gasteiger partial charge is 0.370 e. The molecule has 0 aliphatic heterocycles. The lowest BCUT2D eigenvalue weighted by Gasteiger charge is -2.28. The van der Waals surface area contributed by atoms with Gasteiger partial charge in [-0.05, 0) is 31.6 Å². The molecular formula is C13H25N3. The Kier molecular flexibility index (Phi) is 4.08. The molecule has 0 spiro atoms. The number of hydrogen-bond donors (Lipinski definition) is 2. The zero-order valence-corrected chi connectivity index (χ0v) is 10.4. The fraction of sp³-hybridized carbons (Fsp3) is 0.923. The van der Waals surface area contributed by atoms with Crippen LogP contribution in [-0.2, 0) is 0 Å². The molecule has 16 heavy (non-hydrogen) atoms. The summed E-state index contributed by atoms with van der Waals surface area (Å²) in [4.78, 5) is 4.58. The highest BCUT2D eigenvalue weighted by Crippen LogP contribution is 2.24. The van der Waals surface area contributed by atoms with Gasteiger partial charge in [0.1, 0.15) is 0 Å². The summed E-state index contributed by atoms with van der Waals surface area (Å²) in [6.45, 7) is 2.33. The Morgan fingerprint density at radius 3 is 2.56 bits per heavy atom. The average molecular weight is 223 g/mol. The third-order valence-corrected chi connectivity index (χ3v) is 3.93. The minimum atomic E-state index is 0.494. The first kappa shape index (κ1) is 11.7. The minimum absolute atomic E-state index is 0.494. The van der Waals surface area contributed by atoms with Crippen LogP contribution in [0.1, 0.15) is 58.3 Å². The van der Waals surface area contributed by atoms with E-state index < -0.39 is 0 Å². The number of aliphatic imine (C=N–C) groups is 1. The van der Waals surface area contributed by atoms with Crippen LogP contribution in [0, 0.1) is 5.92 Å². The first-order chi connectivity index (χ1) is 7.74. The Morgan fingerprint density at radius 1 is 1.12 bits per heavy atom. The maximum atomic E-state index is 5.97. The van der Waals surface area contributed by atoms with E-state index in [4.69, 9.17) is 5.73 Å². The van der Waals surface area contributed by atoms with Gasteiger partial charge in [-0.15, -0.1) is 0 Å². The van der Waals surface area contributed by atoms with Crippen molar-refractivity contribution < 1.29 is 0 Å². The van der Waals surface area contributed by atoms with Gasteiger partial charge in [-0.3, -0.25) is 4.99 Å². The molecule has 0 bridgehead atoms. The highest BCUT2D eigenvalue weighted by Gasteiger charge is 2.20. The van der Waals surface area contributed by atoms with E-state index in [-0.39, 0.29) is 0 Å². The molecule has 0 radical (unpaired) electrons. The number of nitrogens with one attached hydrogen (secondary N) is 1. The number of rotatable bonds is 2. The number of hydrogen-bond acceptors (Lipinski definition) is 1. The summed E-state index contributed by atoms with van der Waals surface area (Å²) in [6.07, 6.45) is 10.3. The molecule has 2 aliphatic rings. The maximum Gasteiger partial charge on any atom is 0.189 e. The van der Waals surface area contributed by atoms with Crippen LogP contribution in [0.3, 0.4) is 0 Å². The second-order valence-electron chi connectivity index (χ2n) is 5.57. The molecule has 2 fully saturated rings. The van der Waals surface area contributed by atoms with Gasteiger partial charge in [0.2, 0.25) is 0 Å². The third kappa shape index (κ3) is 3.39. The van der Waals surface area contributed by atoms with Gasteiger partial charge >= 0.3 is 0 Å². The lowest BCUT2D eigenvalue weighted by molar-refractivity contribution is 0.325. The fourth-order valence-electron chi connectivity index (χ4n) is 3.04. The van der Waals surface area contributed by atoms with Crippen molar-refractivity contribution >= 4 is 5.96 Å². The number of guanidine groups is 1. The van der Waals surface area contributed by atoms with Crippen molar-refractivity contribution in [2.45, 2.75) is 70.4 Å². The summed E-state index contributed by atoms with van der Waals surface area (Å²) < 4.78 is 0. The Bertz CT molecular complexity index is 244. The van der Waals surface area contributed by atoms with Crippen molar-refractivity contribution in [3.8, 4) is 0 Å². The highest BCUT2D eigenvalue weighted by molar-refractivity contribution is 5.78. The zero-order valence-electron chi connectivity index (χ0n) is 10.4. The Labute approximate surface area is 98.9 Å². The topological polar surface area (TPSA) is 50.4 Å². The summed E-state index contributed by atoms with van der Waals surface area (Å²) in [5, 5.41) is 3.40. The fourth-order valence-corrected chi connectivity index (χ4v) is 3.04. The van der Waals surface area contributed by atoms with Crippen molar-refractivity contribution in [3.05, 3.63) is 0 Å². The van der Waals surface area contributed by atoms with Crippen LogP contribution >= 0.6 is 0 Å². The van der Waals surface area contributed by atoms with E-state index in [0.717, 1.165) is 5.92 Å². The molecule has 0 aromatic heterocycles. The van der Waals surface area contributed by atoms with Crippen LogP contribution in [0.25, 0.3) is 0 Å². The van der Waals surface area contributed by atoms with Crippen molar-refractivity contribution in [1.29, 1.82) is 0 Å². The van der Waals surface area contributed by atoms with Gasteiger partial charge in [-0.2, -0.15) is 0 Å². The molecule has 0 heterocycles. The summed E-state index contributed by atoms with van der Waals surface area (Å²) in [5.74, 6) is 1.52. The Morgan fingerprint density at radius 2 is 1.88 bits per heavy atom. The lowest BCUT2D eigenvalue weighted by atomic mass is 9.87. The van der Waals surface area contributed by atoms with Gasteiger partial charge in [0.05, 0.1) is 6.04 Å². The zero-order chi connectivity index (χ0) is 11.4. The van der Waals surface area contributed by atoms with Gasteiger partial charge in [0.25, 0.3) is 0 Å². The summed E-state index contributed by atoms with van der Waals surface area (Å²) >= 11 is 0. The van der Waals surface area contributed by atoms with Gasteiger partial charge in [-0.1, -0.05) is 32.6 Å². The smallest absolute Gasteiger partial charge is 0.189 e. The van der Waals surface area contributed by atoms with E-state index in [1.54, 1.807) is 0 Å². The van der Waals surface area contributed by atoms with Crippen LogP contribution in [0.2, 0.25) is 0 Å². The van der Waals surface area contributed by atoms with E-state index in [1.807, 2.05) is 0 Å². The molecule has 2 saturated carbocycles. The second kappa shape index (κ2) is 5.55. The summed E-state index contributed by atoms with van der Waals surface area (Å²) in [5.41, 5.74) is 5.97. The molecule has 2 atom stereocenters. The second-order valence-corrected chi connectivity index (χ2v) is 5.57. The minimum Gasteiger partial charge on any atom is -0.370 e. The Hall–Kier alpha value is -0.730. The molecule has 2 aliphatic carbocycles. The number of nitrogens with two attached hydrogens (primary N) is 1. The van der Waals surface area contributed by atoms with Gasteiger partial charge < -0.3 is 11.1 Å². The average Bonchev–Trinajstić information content (AvgIpc) is 2.70. The molecule has 0 saturated heterocycles. The predicted octanol–water partition coefficient (Wildman–Crippen LogP) is 2.41. The van der Waals surface area contributed by atoms with Crippen LogP contribution in [0.5, 0.6) is 0 Å². The van der Waals surface area contributed by atoms with E-state index in [2.05, 4.69) is 17.2 Å². The first-order valence-corrected chi connectivity index (χ1v) is 6.84.